The van der Waals surface area contributed by atoms with Crippen molar-refractivity contribution in [2.75, 3.05) is 14.2 Å². The van der Waals surface area contributed by atoms with Crippen LogP contribution in [0, 0.1) is 0 Å². The van der Waals surface area contributed by atoms with E-state index in [1.165, 1.54) is 44.6 Å². The Balaban J connectivity index is 0.00000363. The zero-order valence-corrected chi connectivity index (χ0v) is 23.0. The normalized spacial score (nSPS) is 11.2. The van der Waals surface area contributed by atoms with E-state index in [1.807, 2.05) is 0 Å². The van der Waals surface area contributed by atoms with Crippen molar-refractivity contribution in [3.05, 3.63) is 85.3 Å². The van der Waals surface area contributed by atoms with E-state index in [9.17, 15) is 13.0 Å². The fourth-order valence-corrected chi connectivity index (χ4v) is 5.36. The van der Waals surface area contributed by atoms with Crippen LogP contribution in [0.2, 0.25) is 20.1 Å². The smallest absolute Gasteiger partial charge is 0.744 e. The summed E-state index contributed by atoms with van der Waals surface area (Å²) in [4.78, 5) is -0.420. The van der Waals surface area contributed by atoms with Gasteiger partial charge in [0.15, 0.2) is 0 Å². The maximum atomic E-state index is 12.1. The van der Waals surface area contributed by atoms with Gasteiger partial charge in [0.05, 0.1) is 29.2 Å². The first-order valence-electron chi connectivity index (χ1n) is 8.69. The quantitative estimate of drug-likeness (QED) is 0.270. The monoisotopic (exact) mass is 542 g/mol. The molecule has 0 fully saturated rings. The summed E-state index contributed by atoms with van der Waals surface area (Å²) in [5.41, 5.74) is 0.950. The zero-order chi connectivity index (χ0) is 22.9. The van der Waals surface area contributed by atoms with Crippen LogP contribution >= 0.6 is 46.4 Å². The Morgan fingerprint density at radius 1 is 0.781 bits per heavy atom. The number of halogens is 4. The standard InChI is InChI=1S/C21H16Cl4O5S.Na/c1-29-20-14(7-11(22)9-16(20)24)19(13-5-3-4-6-18(13)31(26,27)28)15-8-12(23)10-17(25)21(15)30-2;/h3-10,19H,1-2H3,(H,26,27,28);/q;+1/p-1. The molecule has 11 heteroatoms. The largest absolute Gasteiger partial charge is 1.00 e. The Kier molecular flexibility index (Phi) is 9.63. The van der Waals surface area contributed by atoms with Gasteiger partial charge in [-0.2, -0.15) is 0 Å². The Labute approximate surface area is 228 Å². The molecule has 0 amide bonds. The minimum Gasteiger partial charge on any atom is -0.744 e. The van der Waals surface area contributed by atoms with Crippen LogP contribution in [0.5, 0.6) is 11.5 Å². The molecule has 0 aliphatic heterocycles. The molecule has 0 aromatic heterocycles. The Hall–Kier alpha value is -0.670. The Morgan fingerprint density at radius 3 is 1.62 bits per heavy atom. The molecule has 0 radical (unpaired) electrons. The second kappa shape index (κ2) is 11.2. The third kappa shape index (κ3) is 5.69. The van der Waals surface area contributed by atoms with Crippen LogP contribution in [0.1, 0.15) is 22.6 Å². The van der Waals surface area contributed by atoms with E-state index in [0.29, 0.717) is 11.1 Å². The van der Waals surface area contributed by atoms with Gasteiger partial charge in [0.2, 0.25) is 0 Å². The summed E-state index contributed by atoms with van der Waals surface area (Å²) in [6.45, 7) is 0. The van der Waals surface area contributed by atoms with E-state index in [1.54, 1.807) is 18.2 Å². The van der Waals surface area contributed by atoms with Crippen molar-refractivity contribution >= 4 is 56.5 Å². The van der Waals surface area contributed by atoms with Crippen molar-refractivity contribution in [2.45, 2.75) is 10.8 Å². The molecule has 0 aliphatic carbocycles. The van der Waals surface area contributed by atoms with E-state index < -0.39 is 20.9 Å². The van der Waals surface area contributed by atoms with Gasteiger partial charge in [0.1, 0.15) is 21.6 Å². The van der Waals surface area contributed by atoms with Crippen LogP contribution in [0.25, 0.3) is 0 Å². The minimum atomic E-state index is -4.84. The molecule has 3 aromatic carbocycles. The number of benzene rings is 3. The SMILES string of the molecule is COc1c(Cl)cc(Cl)cc1C(c1ccccc1S(=O)(=O)[O-])c1cc(Cl)cc(Cl)c1OC.[Na+]. The van der Waals surface area contributed by atoms with Gasteiger partial charge in [-0.3, -0.25) is 0 Å². The topological polar surface area (TPSA) is 75.7 Å². The van der Waals surface area contributed by atoms with Crippen molar-refractivity contribution in [3.8, 4) is 11.5 Å². The molecule has 3 aromatic rings. The number of hydrogen-bond acceptors (Lipinski definition) is 5. The van der Waals surface area contributed by atoms with Gasteiger partial charge in [0.25, 0.3) is 0 Å². The van der Waals surface area contributed by atoms with E-state index in [-0.39, 0.29) is 66.7 Å². The average molecular weight is 544 g/mol. The predicted molar refractivity (Wildman–Crippen MR) is 121 cm³/mol. The molecule has 0 unspecified atom stereocenters. The fourth-order valence-electron chi connectivity index (χ4n) is 3.47. The van der Waals surface area contributed by atoms with Crippen LogP contribution in [-0.4, -0.2) is 27.2 Å². The van der Waals surface area contributed by atoms with Crippen molar-refractivity contribution in [1.82, 2.24) is 0 Å². The van der Waals surface area contributed by atoms with E-state index in [4.69, 9.17) is 55.9 Å². The van der Waals surface area contributed by atoms with Crippen LogP contribution < -0.4 is 39.0 Å². The number of methoxy groups -OCH3 is 2. The van der Waals surface area contributed by atoms with Gasteiger partial charge in [-0.1, -0.05) is 64.6 Å². The second-order valence-electron chi connectivity index (χ2n) is 6.45. The minimum absolute atomic E-state index is 0. The molecule has 0 spiro atoms. The van der Waals surface area contributed by atoms with Crippen LogP contribution in [0.15, 0.2) is 53.4 Å². The molecule has 5 nitrogen and oxygen atoms in total. The number of hydrogen-bond donors (Lipinski definition) is 0. The maximum Gasteiger partial charge on any atom is 1.00 e. The molecule has 3 rings (SSSR count). The summed E-state index contributed by atoms with van der Waals surface area (Å²) in [5, 5.41) is 0.954. The van der Waals surface area contributed by atoms with Crippen molar-refractivity contribution in [2.24, 2.45) is 0 Å². The molecular weight excluding hydrogens is 529 g/mol. The van der Waals surface area contributed by atoms with Crippen molar-refractivity contribution in [1.29, 1.82) is 0 Å². The van der Waals surface area contributed by atoms with Gasteiger partial charge in [-0.05, 0) is 35.9 Å². The van der Waals surface area contributed by atoms with Gasteiger partial charge < -0.3 is 14.0 Å². The summed E-state index contributed by atoms with van der Waals surface area (Å²) in [7, 11) is -2.02. The Bertz CT molecular complexity index is 1190. The fraction of sp³-hybridized carbons (Fsp3) is 0.143. The molecule has 32 heavy (non-hydrogen) atoms. The van der Waals surface area contributed by atoms with Crippen molar-refractivity contribution in [3.63, 3.8) is 0 Å². The third-order valence-corrected chi connectivity index (χ3v) is 6.51. The summed E-state index contributed by atoms with van der Waals surface area (Å²) < 4.78 is 47.2. The molecule has 164 valence electrons. The summed E-state index contributed by atoms with van der Waals surface area (Å²) in [6.07, 6.45) is 0. The summed E-state index contributed by atoms with van der Waals surface area (Å²) >= 11 is 25.2. The zero-order valence-electron chi connectivity index (χ0n) is 17.2. The van der Waals surface area contributed by atoms with Gasteiger partial charge >= 0.3 is 29.6 Å². The summed E-state index contributed by atoms with van der Waals surface area (Å²) in [6, 6.07) is 11.9. The average Bonchev–Trinajstić information content (AvgIpc) is 2.67. The number of rotatable bonds is 6. The third-order valence-electron chi connectivity index (χ3n) is 4.60. The molecule has 0 bridgehead atoms. The van der Waals surface area contributed by atoms with E-state index in [2.05, 4.69) is 0 Å². The molecule has 0 atom stereocenters. The predicted octanol–water partition coefficient (Wildman–Crippen LogP) is 3.41. The van der Waals surface area contributed by atoms with Gasteiger partial charge in [-0.15, -0.1) is 0 Å². The maximum absolute atomic E-state index is 12.1. The molecule has 0 heterocycles. The van der Waals surface area contributed by atoms with Gasteiger partial charge in [0, 0.05) is 27.1 Å². The van der Waals surface area contributed by atoms with E-state index >= 15 is 0 Å². The van der Waals surface area contributed by atoms with Crippen LogP contribution in [0.4, 0.5) is 0 Å². The number of ether oxygens (including phenoxy) is 2. The molecule has 0 saturated carbocycles. The van der Waals surface area contributed by atoms with Crippen molar-refractivity contribution < 1.29 is 52.0 Å². The van der Waals surface area contributed by atoms with Gasteiger partial charge in [-0.25, -0.2) is 8.42 Å². The molecule has 0 aliphatic rings. The van der Waals surface area contributed by atoms with Crippen LogP contribution in [0.3, 0.4) is 0 Å². The summed E-state index contributed by atoms with van der Waals surface area (Å²) in [5.74, 6) is -0.433. The first-order chi connectivity index (χ1) is 14.6. The van der Waals surface area contributed by atoms with E-state index in [0.717, 1.165) is 0 Å². The molecule has 0 N–H and O–H groups in total. The molecular formula is C21H15Cl4NaO5S. The Morgan fingerprint density at radius 2 is 1.22 bits per heavy atom. The first kappa shape index (κ1) is 27.6. The van der Waals surface area contributed by atoms with Crippen LogP contribution in [-0.2, 0) is 10.1 Å². The molecule has 0 saturated heterocycles. The second-order valence-corrected chi connectivity index (χ2v) is 9.48. The first-order valence-corrected chi connectivity index (χ1v) is 11.6.